The minimum Gasteiger partial charge on any atom is -0.364 e. The molecule has 1 unspecified atom stereocenters. The number of imidazole rings is 1. The van der Waals surface area contributed by atoms with E-state index < -0.39 is 0 Å². The van der Waals surface area contributed by atoms with Gasteiger partial charge in [0.2, 0.25) is 0 Å². The van der Waals surface area contributed by atoms with Gasteiger partial charge in [0.1, 0.15) is 5.82 Å². The fraction of sp³-hybridized carbons (Fsp3) is 0.424. The summed E-state index contributed by atoms with van der Waals surface area (Å²) in [6.45, 7) is 11.0. The van der Waals surface area contributed by atoms with Crippen molar-refractivity contribution in [2.45, 2.75) is 84.7 Å². The lowest BCUT2D eigenvalue weighted by Crippen LogP contribution is -2.28. The Morgan fingerprint density at radius 3 is 2.05 bits per heavy atom. The van der Waals surface area contributed by atoms with Crippen LogP contribution in [0, 0.1) is 6.92 Å². The minimum atomic E-state index is 0.187. The highest BCUT2D eigenvalue weighted by atomic mass is 15.3. The number of benzene rings is 3. The van der Waals surface area contributed by atoms with Gasteiger partial charge in [-0.25, -0.2) is 4.98 Å². The minimum absolute atomic E-state index is 0.187. The van der Waals surface area contributed by atoms with Crippen molar-refractivity contribution < 1.29 is 0 Å². The average Bonchev–Trinajstić information content (AvgIpc) is 3.46. The van der Waals surface area contributed by atoms with Crippen molar-refractivity contribution in [1.82, 2.24) is 9.97 Å². The van der Waals surface area contributed by atoms with E-state index in [4.69, 9.17) is 0 Å². The summed E-state index contributed by atoms with van der Waals surface area (Å²) >= 11 is 0. The van der Waals surface area contributed by atoms with E-state index in [1.165, 1.54) is 61.0 Å². The fourth-order valence-electron chi connectivity index (χ4n) is 4.86. The highest BCUT2D eigenvalue weighted by molar-refractivity contribution is 5.79. The molecule has 1 atom stereocenters. The summed E-state index contributed by atoms with van der Waals surface area (Å²) < 4.78 is 0. The Hall–Kier alpha value is -3.27. The van der Waals surface area contributed by atoms with E-state index in [1.54, 1.807) is 0 Å². The maximum absolute atomic E-state index is 4.62. The molecule has 1 saturated carbocycles. The molecule has 2 aliphatic rings. The van der Waals surface area contributed by atoms with Gasteiger partial charge in [-0.3, -0.25) is 0 Å². The first-order valence-corrected chi connectivity index (χ1v) is 13.9. The van der Waals surface area contributed by atoms with Crippen LogP contribution >= 0.6 is 0 Å². The van der Waals surface area contributed by atoms with Gasteiger partial charge in [-0.05, 0) is 54.7 Å². The average molecular weight is 497 g/mol. The SMILES string of the molecule is C1CCCCC1.CC(C)(C)c1ccc(-c2nc3ccccc3[nH]2)cc1.Cc1ccc2c(c1)N(C)C(C)N2. The molecule has 4 heteroatoms. The summed E-state index contributed by atoms with van der Waals surface area (Å²) in [4.78, 5) is 10.2. The number of hydrogen-bond donors (Lipinski definition) is 2. The van der Waals surface area contributed by atoms with Crippen molar-refractivity contribution in [3.05, 3.63) is 77.9 Å². The van der Waals surface area contributed by atoms with Crippen LogP contribution in [0.5, 0.6) is 0 Å². The third-order valence-electron chi connectivity index (χ3n) is 7.39. The Labute approximate surface area is 223 Å². The molecule has 3 aromatic carbocycles. The lowest BCUT2D eigenvalue weighted by Gasteiger charge is -2.18. The Morgan fingerprint density at radius 2 is 1.46 bits per heavy atom. The molecule has 1 aliphatic heterocycles. The first-order chi connectivity index (χ1) is 17.7. The van der Waals surface area contributed by atoms with Crippen molar-refractivity contribution in [2.24, 2.45) is 0 Å². The summed E-state index contributed by atoms with van der Waals surface area (Å²) in [7, 11) is 2.11. The standard InChI is InChI=1S/C17H18N2.C10H14N2.C6H12/c1-17(2,3)13-10-8-12(9-11-13)16-18-14-6-4-5-7-15(14)19-16;1-7-4-5-9-10(6-7)12(3)8(2)11-9;1-2-4-6-5-3-1/h4-11H,1-3H3,(H,18,19);4-6,8,11H,1-3H3;1-6H2. The van der Waals surface area contributed by atoms with Gasteiger partial charge >= 0.3 is 0 Å². The molecule has 0 saturated heterocycles. The first kappa shape index (κ1) is 26.8. The maximum Gasteiger partial charge on any atom is 0.138 e. The Kier molecular flexibility index (Phi) is 8.58. The third kappa shape index (κ3) is 6.94. The number of aryl methyl sites for hydroxylation is 1. The van der Waals surface area contributed by atoms with E-state index in [0.29, 0.717) is 6.17 Å². The maximum atomic E-state index is 4.62. The highest BCUT2D eigenvalue weighted by Gasteiger charge is 2.21. The van der Waals surface area contributed by atoms with Crippen LogP contribution in [-0.4, -0.2) is 23.2 Å². The monoisotopic (exact) mass is 496 g/mol. The molecule has 0 spiro atoms. The zero-order valence-electron chi connectivity index (χ0n) is 23.6. The molecule has 1 fully saturated rings. The number of para-hydroxylation sites is 2. The van der Waals surface area contributed by atoms with Gasteiger partial charge in [-0.2, -0.15) is 0 Å². The number of nitrogens with zero attached hydrogens (tertiary/aromatic N) is 2. The second kappa shape index (κ2) is 11.9. The highest BCUT2D eigenvalue weighted by Crippen LogP contribution is 2.33. The van der Waals surface area contributed by atoms with Crippen LogP contribution in [0.15, 0.2) is 66.7 Å². The van der Waals surface area contributed by atoms with Crippen LogP contribution in [0.4, 0.5) is 11.4 Å². The van der Waals surface area contributed by atoms with E-state index in [0.717, 1.165) is 22.4 Å². The van der Waals surface area contributed by atoms with E-state index >= 15 is 0 Å². The number of anilines is 2. The number of aromatic amines is 1. The van der Waals surface area contributed by atoms with Crippen LogP contribution < -0.4 is 10.2 Å². The van der Waals surface area contributed by atoms with Gasteiger partial charge in [-0.15, -0.1) is 0 Å². The van der Waals surface area contributed by atoms with Crippen molar-refractivity contribution in [3.8, 4) is 11.4 Å². The number of aromatic nitrogens is 2. The van der Waals surface area contributed by atoms with E-state index in [2.05, 4.69) is 110 Å². The second-order valence-electron chi connectivity index (χ2n) is 11.5. The van der Waals surface area contributed by atoms with Crippen LogP contribution in [0.3, 0.4) is 0 Å². The molecule has 37 heavy (non-hydrogen) atoms. The lowest BCUT2D eigenvalue weighted by atomic mass is 9.87. The molecule has 6 rings (SSSR count). The predicted octanol–water partition coefficient (Wildman–Crippen LogP) is 9.07. The third-order valence-corrected chi connectivity index (χ3v) is 7.39. The van der Waals surface area contributed by atoms with Crippen LogP contribution in [0.25, 0.3) is 22.4 Å². The van der Waals surface area contributed by atoms with Crippen molar-refractivity contribution >= 4 is 22.4 Å². The van der Waals surface area contributed by atoms with Gasteiger partial charge in [0.05, 0.1) is 28.6 Å². The zero-order chi connectivity index (χ0) is 26.4. The van der Waals surface area contributed by atoms with E-state index in [9.17, 15) is 0 Å². The summed E-state index contributed by atoms with van der Waals surface area (Å²) in [6, 6.07) is 23.2. The molecule has 1 aliphatic carbocycles. The Bertz CT molecular complexity index is 1230. The van der Waals surface area contributed by atoms with Gasteiger partial charge in [-0.1, -0.05) is 102 Å². The number of rotatable bonds is 1. The number of fused-ring (bicyclic) bond motifs is 2. The quantitative estimate of drug-likeness (QED) is 0.276. The van der Waals surface area contributed by atoms with Gasteiger partial charge in [0.25, 0.3) is 0 Å². The van der Waals surface area contributed by atoms with Crippen LogP contribution in [0.2, 0.25) is 0 Å². The molecule has 0 bridgehead atoms. The van der Waals surface area contributed by atoms with Gasteiger partial charge < -0.3 is 15.2 Å². The largest absolute Gasteiger partial charge is 0.364 e. The molecular weight excluding hydrogens is 452 g/mol. The molecule has 0 amide bonds. The molecule has 1 aromatic heterocycles. The smallest absolute Gasteiger partial charge is 0.138 e. The first-order valence-electron chi connectivity index (χ1n) is 13.9. The summed E-state index contributed by atoms with van der Waals surface area (Å²) in [5.41, 5.74) is 8.62. The predicted molar refractivity (Wildman–Crippen MR) is 161 cm³/mol. The molecular formula is C33H44N4. The molecule has 196 valence electrons. The molecule has 4 aromatic rings. The molecule has 2 heterocycles. The zero-order valence-corrected chi connectivity index (χ0v) is 23.6. The summed E-state index contributed by atoms with van der Waals surface area (Å²) in [5.74, 6) is 0.932. The Balaban J connectivity index is 0.000000150. The number of nitrogens with one attached hydrogen (secondary N) is 2. The Morgan fingerprint density at radius 1 is 0.838 bits per heavy atom. The van der Waals surface area contributed by atoms with Crippen molar-refractivity contribution in [1.29, 1.82) is 0 Å². The van der Waals surface area contributed by atoms with Gasteiger partial charge in [0.15, 0.2) is 0 Å². The van der Waals surface area contributed by atoms with E-state index in [1.807, 2.05) is 18.2 Å². The van der Waals surface area contributed by atoms with Gasteiger partial charge in [0, 0.05) is 12.6 Å². The topological polar surface area (TPSA) is 44.0 Å². The fourth-order valence-corrected chi connectivity index (χ4v) is 4.86. The van der Waals surface area contributed by atoms with Crippen molar-refractivity contribution in [2.75, 3.05) is 17.3 Å². The summed E-state index contributed by atoms with van der Waals surface area (Å²) in [6.07, 6.45) is 9.42. The number of H-pyrrole nitrogens is 1. The summed E-state index contributed by atoms with van der Waals surface area (Å²) in [5, 5.41) is 3.40. The van der Waals surface area contributed by atoms with Crippen LogP contribution in [0.1, 0.15) is 77.3 Å². The van der Waals surface area contributed by atoms with Crippen LogP contribution in [-0.2, 0) is 5.41 Å². The van der Waals surface area contributed by atoms with Crippen molar-refractivity contribution in [3.63, 3.8) is 0 Å². The second-order valence-corrected chi connectivity index (χ2v) is 11.5. The molecule has 2 N–H and O–H groups in total. The molecule has 0 radical (unpaired) electrons. The number of hydrogen-bond acceptors (Lipinski definition) is 3. The normalized spacial score (nSPS) is 16.7. The van der Waals surface area contributed by atoms with E-state index in [-0.39, 0.29) is 5.41 Å². The molecule has 4 nitrogen and oxygen atoms in total. The lowest BCUT2D eigenvalue weighted by molar-refractivity contribution is 0.504.